The fourth-order valence-electron chi connectivity index (χ4n) is 2.76. The minimum atomic E-state index is -0.733. The van der Waals surface area contributed by atoms with Crippen molar-refractivity contribution in [2.45, 2.75) is 32.4 Å². The number of β-lactam (4-membered cyclic amide) rings is 1. The van der Waals surface area contributed by atoms with Gasteiger partial charge < -0.3 is 20.5 Å². The Morgan fingerprint density at radius 2 is 2.32 bits per heavy atom. The molecule has 3 N–H and O–H groups in total. The molecule has 0 bridgehead atoms. The number of aliphatic imine (C=N–C) groups is 1. The molecule has 0 aromatic heterocycles. The van der Waals surface area contributed by atoms with E-state index < -0.39 is 18.0 Å². The van der Waals surface area contributed by atoms with Crippen LogP contribution in [0.25, 0.3) is 0 Å². The van der Waals surface area contributed by atoms with Gasteiger partial charge in [0.05, 0.1) is 18.1 Å². The van der Waals surface area contributed by atoms with Crippen LogP contribution in [-0.2, 0) is 14.3 Å². The summed E-state index contributed by atoms with van der Waals surface area (Å²) in [5.41, 5.74) is 5.79. The van der Waals surface area contributed by atoms with Crippen molar-refractivity contribution in [3.8, 4) is 0 Å². The number of hydrogen-bond donors (Lipinski definition) is 2. The Balaban J connectivity index is 2.24. The van der Waals surface area contributed by atoms with Crippen molar-refractivity contribution in [1.82, 2.24) is 4.90 Å². The topological polar surface area (TPSA) is 105 Å². The summed E-state index contributed by atoms with van der Waals surface area (Å²) in [6.45, 7) is 3.65. The number of esters is 1. The van der Waals surface area contributed by atoms with Crippen molar-refractivity contribution in [1.29, 1.82) is 0 Å². The van der Waals surface area contributed by atoms with Gasteiger partial charge in [-0.05, 0) is 6.92 Å². The lowest BCUT2D eigenvalue weighted by Gasteiger charge is -2.44. The van der Waals surface area contributed by atoms with Gasteiger partial charge in [-0.2, -0.15) is 0 Å². The van der Waals surface area contributed by atoms with Gasteiger partial charge in [0.15, 0.2) is 5.90 Å². The van der Waals surface area contributed by atoms with Crippen molar-refractivity contribution in [2.24, 2.45) is 16.6 Å². The summed E-state index contributed by atoms with van der Waals surface area (Å²) < 4.78 is 5.14. The number of carbonyl (C=O) groups excluding carboxylic acids is 2. The molecule has 2 aliphatic heterocycles. The Morgan fingerprint density at radius 3 is 2.86 bits per heavy atom. The Bertz CT molecular complexity index is 544. The molecule has 0 aliphatic carbocycles. The first-order chi connectivity index (χ1) is 10.4. The molecule has 2 rings (SSSR count). The number of rotatable bonds is 5. The summed E-state index contributed by atoms with van der Waals surface area (Å²) in [7, 11) is 1.52. The molecule has 3 atom stereocenters. The number of amides is 1. The highest BCUT2D eigenvalue weighted by Gasteiger charge is 2.57. The number of aliphatic hydroxyl groups excluding tert-OH is 1. The molecule has 0 aromatic rings. The van der Waals surface area contributed by atoms with E-state index in [1.165, 1.54) is 23.7 Å². The SMILES string of the molecule is CN=C(C)OC(=O)C1=C(SCCN)C[C@@H]2[C@@H]([C@@H](C)O)C(=O)N12. The number of carbonyl (C=O) groups is 2. The average molecular weight is 327 g/mol. The molecule has 1 saturated heterocycles. The molecular formula is C14H21N3O4S. The lowest BCUT2D eigenvalue weighted by Crippen LogP contribution is -2.61. The smallest absolute Gasteiger partial charge is 0.362 e. The third-order valence-corrected chi connectivity index (χ3v) is 4.98. The highest BCUT2D eigenvalue weighted by Crippen LogP contribution is 2.47. The summed E-state index contributed by atoms with van der Waals surface area (Å²) in [4.78, 5) is 30.6. The van der Waals surface area contributed by atoms with Crippen LogP contribution in [-0.4, -0.2) is 59.3 Å². The van der Waals surface area contributed by atoms with E-state index in [9.17, 15) is 14.7 Å². The fraction of sp³-hybridized carbons (Fsp3) is 0.643. The molecule has 1 amide bonds. The number of aliphatic hydroxyl groups is 1. The number of fused-ring (bicyclic) bond motifs is 1. The molecule has 22 heavy (non-hydrogen) atoms. The summed E-state index contributed by atoms with van der Waals surface area (Å²) in [6, 6.07) is -0.172. The lowest BCUT2D eigenvalue weighted by molar-refractivity contribution is -0.160. The van der Waals surface area contributed by atoms with Crippen LogP contribution in [0.5, 0.6) is 0 Å². The summed E-state index contributed by atoms with van der Waals surface area (Å²) >= 11 is 1.46. The highest BCUT2D eigenvalue weighted by molar-refractivity contribution is 8.03. The second-order valence-corrected chi connectivity index (χ2v) is 6.48. The van der Waals surface area contributed by atoms with E-state index in [4.69, 9.17) is 10.5 Å². The van der Waals surface area contributed by atoms with Crippen LogP contribution < -0.4 is 5.73 Å². The van der Waals surface area contributed by atoms with Crippen LogP contribution in [0.15, 0.2) is 15.6 Å². The van der Waals surface area contributed by atoms with Gasteiger partial charge in [0.1, 0.15) is 5.70 Å². The van der Waals surface area contributed by atoms with Crippen LogP contribution in [0.4, 0.5) is 0 Å². The molecule has 122 valence electrons. The van der Waals surface area contributed by atoms with Crippen molar-refractivity contribution in [2.75, 3.05) is 19.3 Å². The van der Waals surface area contributed by atoms with Crippen LogP contribution in [0.1, 0.15) is 20.3 Å². The first-order valence-corrected chi connectivity index (χ1v) is 8.13. The summed E-state index contributed by atoms with van der Waals surface area (Å²) in [5, 5.41) is 9.73. The Morgan fingerprint density at radius 1 is 1.64 bits per heavy atom. The number of thioether (sulfide) groups is 1. The standard InChI is InChI=1S/C14H21N3O4S/c1-7(18)11-9-6-10(22-5-4-15)12(17(9)13(11)19)14(20)21-8(2)16-3/h7,9,11,18H,4-6,15H2,1-3H3/t7-,9-,11-/m1/s1. The maximum absolute atomic E-state index is 12.3. The van der Waals surface area contributed by atoms with Crippen molar-refractivity contribution < 1.29 is 19.4 Å². The van der Waals surface area contributed by atoms with Gasteiger partial charge in [-0.3, -0.25) is 9.79 Å². The normalized spacial score (nSPS) is 26.0. The molecule has 7 nitrogen and oxygen atoms in total. The van der Waals surface area contributed by atoms with Gasteiger partial charge in [0.25, 0.3) is 0 Å². The molecule has 8 heteroatoms. The molecule has 2 aliphatic rings. The third-order valence-electron chi connectivity index (χ3n) is 3.83. The number of hydrogen-bond acceptors (Lipinski definition) is 7. The highest BCUT2D eigenvalue weighted by atomic mass is 32.2. The molecule has 1 fully saturated rings. The molecule has 0 saturated carbocycles. The van der Waals surface area contributed by atoms with Gasteiger partial charge in [-0.15, -0.1) is 11.8 Å². The zero-order valence-electron chi connectivity index (χ0n) is 12.9. The molecule has 0 aromatic carbocycles. The largest absolute Gasteiger partial charge is 0.408 e. The zero-order valence-corrected chi connectivity index (χ0v) is 13.7. The van der Waals surface area contributed by atoms with E-state index in [1.54, 1.807) is 13.8 Å². The van der Waals surface area contributed by atoms with Crippen LogP contribution in [0.3, 0.4) is 0 Å². The lowest BCUT2D eigenvalue weighted by atomic mass is 9.83. The van der Waals surface area contributed by atoms with E-state index in [2.05, 4.69) is 4.99 Å². The number of nitrogens with two attached hydrogens (primary N) is 1. The van der Waals surface area contributed by atoms with Crippen LogP contribution in [0, 0.1) is 5.92 Å². The average Bonchev–Trinajstić information content (AvgIpc) is 2.78. The molecule has 0 radical (unpaired) electrons. The number of ether oxygens (including phenoxy) is 1. The monoisotopic (exact) mass is 327 g/mol. The van der Waals surface area contributed by atoms with E-state index in [0.717, 1.165) is 4.91 Å². The van der Waals surface area contributed by atoms with Crippen molar-refractivity contribution in [3.63, 3.8) is 0 Å². The molecule has 0 spiro atoms. The molecule has 0 unspecified atom stereocenters. The van der Waals surface area contributed by atoms with Gasteiger partial charge >= 0.3 is 5.97 Å². The number of nitrogens with zero attached hydrogens (tertiary/aromatic N) is 2. The third kappa shape index (κ3) is 2.90. The quantitative estimate of drug-likeness (QED) is 0.321. The van der Waals surface area contributed by atoms with E-state index in [1.807, 2.05) is 0 Å². The predicted octanol–water partition coefficient (Wildman–Crippen LogP) is 0.0928. The van der Waals surface area contributed by atoms with E-state index in [-0.39, 0.29) is 23.5 Å². The Kier molecular flexibility index (Phi) is 5.25. The first kappa shape index (κ1) is 17.0. The van der Waals surface area contributed by atoms with Crippen molar-refractivity contribution in [3.05, 3.63) is 10.6 Å². The maximum Gasteiger partial charge on any atom is 0.362 e. The first-order valence-electron chi connectivity index (χ1n) is 7.15. The second kappa shape index (κ2) is 6.80. The minimum Gasteiger partial charge on any atom is -0.408 e. The van der Waals surface area contributed by atoms with Gasteiger partial charge in [-0.25, -0.2) is 4.79 Å². The maximum atomic E-state index is 12.3. The van der Waals surface area contributed by atoms with Gasteiger partial charge in [0, 0.05) is 37.6 Å². The second-order valence-electron chi connectivity index (χ2n) is 5.29. The zero-order chi connectivity index (χ0) is 16.4. The Labute approximate surface area is 133 Å². The van der Waals surface area contributed by atoms with Crippen molar-refractivity contribution >= 4 is 29.5 Å². The van der Waals surface area contributed by atoms with Gasteiger partial charge in [-0.1, -0.05) is 0 Å². The van der Waals surface area contributed by atoms with E-state index in [0.29, 0.717) is 18.7 Å². The van der Waals surface area contributed by atoms with Gasteiger partial charge in [0.2, 0.25) is 5.91 Å². The van der Waals surface area contributed by atoms with E-state index >= 15 is 0 Å². The molecular weight excluding hydrogens is 306 g/mol. The van der Waals surface area contributed by atoms with Crippen LogP contribution in [0.2, 0.25) is 0 Å². The summed E-state index contributed by atoms with van der Waals surface area (Å²) in [6.07, 6.45) is -0.178. The Hall–Kier alpha value is -1.38. The minimum absolute atomic E-state index is 0.172. The fourth-order valence-corrected chi connectivity index (χ4v) is 3.73. The summed E-state index contributed by atoms with van der Waals surface area (Å²) in [5.74, 6) is -0.381. The molecule has 2 heterocycles. The predicted molar refractivity (Wildman–Crippen MR) is 84.1 cm³/mol. The van der Waals surface area contributed by atoms with Crippen LogP contribution >= 0.6 is 11.8 Å².